The van der Waals surface area contributed by atoms with Gasteiger partial charge in [0.2, 0.25) is 11.8 Å². The minimum absolute atomic E-state index is 0.0662. The van der Waals surface area contributed by atoms with E-state index >= 15 is 0 Å². The van der Waals surface area contributed by atoms with Gasteiger partial charge in [0.25, 0.3) is 0 Å². The van der Waals surface area contributed by atoms with E-state index in [1.54, 1.807) is 11.7 Å². The molecule has 1 aliphatic rings. The van der Waals surface area contributed by atoms with Crippen molar-refractivity contribution in [1.82, 2.24) is 25.0 Å². The summed E-state index contributed by atoms with van der Waals surface area (Å²) in [5.74, 6) is 0.424. The van der Waals surface area contributed by atoms with Gasteiger partial charge in [0.1, 0.15) is 18.7 Å². The second-order valence-electron chi connectivity index (χ2n) is 3.33. The Morgan fingerprint density at radius 1 is 1.53 bits per heavy atom. The van der Waals surface area contributed by atoms with Gasteiger partial charge in [0.15, 0.2) is 0 Å². The van der Waals surface area contributed by atoms with Gasteiger partial charge in [-0.1, -0.05) is 0 Å². The zero-order valence-electron chi connectivity index (χ0n) is 8.30. The van der Waals surface area contributed by atoms with Crippen molar-refractivity contribution in [3.8, 4) is 0 Å². The summed E-state index contributed by atoms with van der Waals surface area (Å²) in [6.45, 7) is 0.477. The minimum atomic E-state index is -0.142. The average Bonchev–Trinajstić information content (AvgIpc) is 2.58. The van der Waals surface area contributed by atoms with Crippen LogP contribution in [0.5, 0.6) is 0 Å². The second-order valence-corrected chi connectivity index (χ2v) is 3.33. The molecule has 0 unspecified atom stereocenters. The van der Waals surface area contributed by atoms with Crippen LogP contribution in [0.2, 0.25) is 0 Å². The molecule has 15 heavy (non-hydrogen) atoms. The van der Waals surface area contributed by atoms with Gasteiger partial charge in [-0.2, -0.15) is 5.10 Å². The molecule has 1 aromatic rings. The molecule has 0 radical (unpaired) electrons. The van der Waals surface area contributed by atoms with Crippen molar-refractivity contribution >= 4 is 11.8 Å². The summed E-state index contributed by atoms with van der Waals surface area (Å²) in [5.41, 5.74) is 0. The zero-order chi connectivity index (χ0) is 10.8. The molecule has 2 rings (SSSR count). The zero-order valence-corrected chi connectivity index (χ0v) is 8.30. The molecule has 80 valence electrons. The molecule has 2 heterocycles. The number of hydrogen-bond donors (Lipinski definition) is 1. The van der Waals surface area contributed by atoms with Crippen LogP contribution < -0.4 is 5.32 Å². The predicted molar refractivity (Wildman–Crippen MR) is 49.4 cm³/mol. The molecule has 1 saturated heterocycles. The van der Waals surface area contributed by atoms with E-state index in [-0.39, 0.29) is 24.9 Å². The van der Waals surface area contributed by atoms with Gasteiger partial charge in [-0.05, 0) is 0 Å². The fourth-order valence-electron chi connectivity index (χ4n) is 1.38. The number of carbonyl (C=O) groups excluding carboxylic acids is 2. The number of aromatic nitrogens is 3. The first kappa shape index (κ1) is 9.63. The number of aryl methyl sites for hydroxylation is 1. The molecule has 0 aromatic carbocycles. The van der Waals surface area contributed by atoms with E-state index in [1.165, 1.54) is 11.2 Å². The monoisotopic (exact) mass is 209 g/mol. The van der Waals surface area contributed by atoms with Crippen molar-refractivity contribution in [1.29, 1.82) is 0 Å². The highest BCUT2D eigenvalue weighted by molar-refractivity contribution is 5.92. The van der Waals surface area contributed by atoms with E-state index in [0.29, 0.717) is 12.4 Å². The smallest absolute Gasteiger partial charge is 0.242 e. The van der Waals surface area contributed by atoms with Crippen molar-refractivity contribution in [2.75, 3.05) is 13.1 Å². The number of carbonyl (C=O) groups is 2. The third-order valence-corrected chi connectivity index (χ3v) is 2.26. The third kappa shape index (κ3) is 1.95. The third-order valence-electron chi connectivity index (χ3n) is 2.26. The Kier molecular flexibility index (Phi) is 2.36. The van der Waals surface area contributed by atoms with E-state index in [2.05, 4.69) is 15.4 Å². The lowest BCUT2D eigenvalue weighted by Crippen LogP contribution is -2.51. The molecular formula is C8H11N5O2. The predicted octanol–water partition coefficient (Wildman–Crippen LogP) is -1.73. The van der Waals surface area contributed by atoms with Crippen molar-refractivity contribution in [2.45, 2.75) is 6.54 Å². The standard InChI is InChI=1S/C8H11N5O2/c1-12-6(10-5-11-12)3-13-4-7(14)9-2-8(13)15/h5H,2-4H2,1H3,(H,9,14). The summed E-state index contributed by atoms with van der Waals surface area (Å²) in [6.07, 6.45) is 1.42. The molecule has 1 N–H and O–H groups in total. The lowest BCUT2D eigenvalue weighted by atomic mass is 10.3. The molecule has 0 saturated carbocycles. The van der Waals surface area contributed by atoms with Crippen molar-refractivity contribution in [3.63, 3.8) is 0 Å². The summed E-state index contributed by atoms with van der Waals surface area (Å²) in [5, 5.41) is 6.38. The van der Waals surface area contributed by atoms with Crippen LogP contribution in [-0.2, 0) is 23.2 Å². The van der Waals surface area contributed by atoms with Crippen molar-refractivity contribution in [3.05, 3.63) is 12.2 Å². The maximum atomic E-state index is 11.4. The Morgan fingerprint density at radius 3 is 3.00 bits per heavy atom. The van der Waals surface area contributed by atoms with Gasteiger partial charge in [0, 0.05) is 7.05 Å². The highest BCUT2D eigenvalue weighted by Crippen LogP contribution is 2.02. The highest BCUT2D eigenvalue weighted by Gasteiger charge is 2.23. The Balaban J connectivity index is 2.07. The normalized spacial score (nSPS) is 16.7. The van der Waals surface area contributed by atoms with Crippen LogP contribution in [0.3, 0.4) is 0 Å². The first-order valence-electron chi connectivity index (χ1n) is 4.54. The van der Waals surface area contributed by atoms with Crippen LogP contribution in [0.25, 0.3) is 0 Å². The first-order chi connectivity index (χ1) is 7.16. The minimum Gasteiger partial charge on any atom is -0.345 e. The van der Waals surface area contributed by atoms with Crippen LogP contribution in [0, 0.1) is 0 Å². The first-order valence-corrected chi connectivity index (χ1v) is 4.54. The molecule has 1 aromatic heterocycles. The molecule has 0 aliphatic carbocycles. The SMILES string of the molecule is Cn1ncnc1CN1CC(=O)NCC1=O. The number of rotatable bonds is 2. The van der Waals surface area contributed by atoms with Crippen molar-refractivity contribution in [2.24, 2.45) is 7.05 Å². The Labute approximate surface area is 86.1 Å². The maximum Gasteiger partial charge on any atom is 0.242 e. The Hall–Kier alpha value is -1.92. The number of hydrogen-bond acceptors (Lipinski definition) is 4. The molecule has 2 amide bonds. The van der Waals surface area contributed by atoms with E-state index < -0.39 is 0 Å². The van der Waals surface area contributed by atoms with Crippen molar-refractivity contribution < 1.29 is 9.59 Å². The molecule has 1 fully saturated rings. The van der Waals surface area contributed by atoms with E-state index in [9.17, 15) is 9.59 Å². The van der Waals surface area contributed by atoms with Crippen LogP contribution in [0.1, 0.15) is 5.82 Å². The van der Waals surface area contributed by atoms with E-state index in [0.717, 1.165) is 0 Å². The van der Waals surface area contributed by atoms with Gasteiger partial charge < -0.3 is 10.2 Å². The molecule has 1 aliphatic heterocycles. The quantitative estimate of drug-likeness (QED) is 0.628. The highest BCUT2D eigenvalue weighted by atomic mass is 16.2. The summed E-state index contributed by atoms with van der Waals surface area (Å²) in [6, 6.07) is 0. The summed E-state index contributed by atoms with van der Waals surface area (Å²) in [4.78, 5) is 28.0. The number of nitrogens with zero attached hydrogens (tertiary/aromatic N) is 4. The van der Waals surface area contributed by atoms with Gasteiger partial charge in [-0.15, -0.1) is 0 Å². The van der Waals surface area contributed by atoms with Gasteiger partial charge in [0.05, 0.1) is 13.1 Å². The van der Waals surface area contributed by atoms with Gasteiger partial charge >= 0.3 is 0 Å². The number of amides is 2. The van der Waals surface area contributed by atoms with Crippen LogP contribution in [0.4, 0.5) is 0 Å². The topological polar surface area (TPSA) is 80.1 Å². The molecular weight excluding hydrogens is 198 g/mol. The van der Waals surface area contributed by atoms with Crippen LogP contribution in [0.15, 0.2) is 6.33 Å². The molecule has 0 atom stereocenters. The number of nitrogens with one attached hydrogen (secondary N) is 1. The van der Waals surface area contributed by atoms with Crippen LogP contribution >= 0.6 is 0 Å². The summed E-state index contributed by atoms with van der Waals surface area (Å²) in [7, 11) is 1.75. The molecule has 7 nitrogen and oxygen atoms in total. The largest absolute Gasteiger partial charge is 0.345 e. The molecule has 0 spiro atoms. The van der Waals surface area contributed by atoms with Crippen LogP contribution in [-0.4, -0.2) is 44.6 Å². The van der Waals surface area contributed by atoms with Gasteiger partial charge in [-0.25, -0.2) is 4.98 Å². The Morgan fingerprint density at radius 2 is 2.33 bits per heavy atom. The second kappa shape index (κ2) is 3.68. The maximum absolute atomic E-state index is 11.4. The fourth-order valence-corrected chi connectivity index (χ4v) is 1.38. The lowest BCUT2D eigenvalue weighted by molar-refractivity contribution is -0.141. The van der Waals surface area contributed by atoms with E-state index in [1.807, 2.05) is 0 Å². The summed E-state index contributed by atoms with van der Waals surface area (Å²) < 4.78 is 1.58. The lowest BCUT2D eigenvalue weighted by Gasteiger charge is -2.25. The van der Waals surface area contributed by atoms with Gasteiger partial charge in [-0.3, -0.25) is 14.3 Å². The Bertz CT molecular complexity index is 399. The van der Waals surface area contributed by atoms with E-state index in [4.69, 9.17) is 0 Å². The summed E-state index contributed by atoms with van der Waals surface area (Å²) >= 11 is 0. The fraction of sp³-hybridized carbons (Fsp3) is 0.500. The average molecular weight is 209 g/mol. The number of piperazine rings is 1. The molecule has 0 bridgehead atoms. The molecule has 7 heteroatoms.